The average Bonchev–Trinajstić information content (AvgIpc) is 3.56. The van der Waals surface area contributed by atoms with Crippen molar-refractivity contribution in [2.24, 2.45) is 39.8 Å². The highest BCUT2D eigenvalue weighted by Crippen LogP contribution is 2.10. The Balaban J connectivity index is 3.08. The molecule has 51 heavy (non-hydrogen) atoms. The van der Waals surface area contributed by atoms with E-state index in [1.54, 1.807) is 13.8 Å². The fourth-order valence-electron chi connectivity index (χ4n) is 4.96. The molecular formula is C32H58N12O7. The van der Waals surface area contributed by atoms with Gasteiger partial charge in [0.1, 0.15) is 30.2 Å². The van der Waals surface area contributed by atoms with Gasteiger partial charge in [-0.1, -0.05) is 27.7 Å². The predicted octanol–water partition coefficient (Wildman–Crippen LogP) is -2.31. The normalized spacial score (nSPS) is 14.7. The number of aromatic nitrogens is 2. The Bertz CT molecular complexity index is 1300. The average molecular weight is 723 g/mol. The van der Waals surface area contributed by atoms with Gasteiger partial charge in [-0.15, -0.1) is 0 Å². The molecule has 0 aliphatic rings. The van der Waals surface area contributed by atoms with Gasteiger partial charge in [0.25, 0.3) is 0 Å². The Kier molecular flexibility index (Phi) is 19.8. The number of hydrogen-bond acceptors (Lipinski definition) is 10. The number of aliphatic carboxylic acids is 1. The van der Waals surface area contributed by atoms with Crippen molar-refractivity contribution in [1.82, 2.24) is 36.6 Å². The number of rotatable bonds is 24. The first-order valence-electron chi connectivity index (χ1n) is 17.2. The number of H-pyrrole nitrogens is 1. The Morgan fingerprint density at radius 1 is 0.804 bits per heavy atom. The van der Waals surface area contributed by atoms with E-state index < -0.39 is 77.7 Å². The van der Waals surface area contributed by atoms with Crippen LogP contribution in [0.1, 0.15) is 78.8 Å². The smallest absolute Gasteiger partial charge is 0.326 e. The first-order valence-corrected chi connectivity index (χ1v) is 17.2. The molecule has 15 N–H and O–H groups in total. The number of carboxylic acid groups (broad SMARTS) is 1. The van der Waals surface area contributed by atoms with Gasteiger partial charge in [-0.3, -0.25) is 29.0 Å². The van der Waals surface area contributed by atoms with E-state index in [0.717, 1.165) is 0 Å². The van der Waals surface area contributed by atoms with E-state index in [4.69, 9.17) is 22.9 Å². The first kappa shape index (κ1) is 44.2. The van der Waals surface area contributed by atoms with Gasteiger partial charge < -0.3 is 59.6 Å². The summed E-state index contributed by atoms with van der Waals surface area (Å²) in [5.41, 5.74) is 23.1. The van der Waals surface area contributed by atoms with E-state index in [2.05, 4.69) is 41.5 Å². The highest BCUT2D eigenvalue weighted by molar-refractivity contribution is 5.96. The van der Waals surface area contributed by atoms with Crippen molar-refractivity contribution >= 4 is 41.5 Å². The number of carboxylic acids is 1. The van der Waals surface area contributed by atoms with E-state index in [1.165, 1.54) is 19.4 Å². The summed E-state index contributed by atoms with van der Waals surface area (Å²) in [5.74, 6) is -5.17. The third kappa shape index (κ3) is 17.1. The van der Waals surface area contributed by atoms with Crippen LogP contribution in [0.25, 0.3) is 0 Å². The maximum Gasteiger partial charge on any atom is 0.326 e. The minimum Gasteiger partial charge on any atom is -0.480 e. The molecule has 0 unspecified atom stereocenters. The Morgan fingerprint density at radius 2 is 1.39 bits per heavy atom. The lowest BCUT2D eigenvalue weighted by molar-refractivity contribution is -0.143. The van der Waals surface area contributed by atoms with Crippen LogP contribution in [0.3, 0.4) is 0 Å². The van der Waals surface area contributed by atoms with Gasteiger partial charge >= 0.3 is 5.97 Å². The van der Waals surface area contributed by atoms with Crippen LogP contribution in [0.5, 0.6) is 0 Å². The zero-order valence-corrected chi connectivity index (χ0v) is 30.2. The molecule has 5 amide bonds. The minimum atomic E-state index is -1.20. The molecule has 1 heterocycles. The summed E-state index contributed by atoms with van der Waals surface area (Å²) in [7, 11) is 0. The molecule has 288 valence electrons. The molecule has 0 aliphatic heterocycles. The van der Waals surface area contributed by atoms with Crippen molar-refractivity contribution in [3.05, 3.63) is 18.2 Å². The summed E-state index contributed by atoms with van der Waals surface area (Å²) >= 11 is 0. The molecule has 1 rings (SSSR count). The lowest BCUT2D eigenvalue weighted by Gasteiger charge is -2.28. The van der Waals surface area contributed by atoms with Crippen molar-refractivity contribution in [3.63, 3.8) is 0 Å². The SMILES string of the molecule is CC(C)C[C@H](NC(=O)[C@@H](NC(=O)[C@H](CCCN=C(N)N)NC(=O)[C@H](C)NC(=O)[C@H](CCCCN)NC(=O)[C@@H](N)Cc1cnc[nH]1)C(C)C)C(=O)O. The van der Waals surface area contributed by atoms with Gasteiger partial charge in [-0.25, -0.2) is 9.78 Å². The molecule has 0 saturated carbocycles. The molecule has 0 radical (unpaired) electrons. The number of aliphatic imine (C=N–C) groups is 1. The lowest BCUT2D eigenvalue weighted by Crippen LogP contribution is -2.59. The molecule has 19 heteroatoms. The maximum absolute atomic E-state index is 13.6. The van der Waals surface area contributed by atoms with Crippen molar-refractivity contribution in [2.45, 2.75) is 116 Å². The molecule has 0 aromatic carbocycles. The highest BCUT2D eigenvalue weighted by atomic mass is 16.4. The lowest BCUT2D eigenvalue weighted by atomic mass is 9.99. The fourth-order valence-corrected chi connectivity index (χ4v) is 4.96. The van der Waals surface area contributed by atoms with Crippen LogP contribution in [0, 0.1) is 11.8 Å². The zero-order chi connectivity index (χ0) is 38.7. The number of nitrogens with one attached hydrogen (secondary N) is 6. The summed E-state index contributed by atoms with van der Waals surface area (Å²) in [5, 5.41) is 22.6. The monoisotopic (exact) mass is 722 g/mol. The molecule has 6 atom stereocenters. The van der Waals surface area contributed by atoms with Gasteiger partial charge in [0, 0.05) is 24.9 Å². The van der Waals surface area contributed by atoms with Crippen LogP contribution in [0.2, 0.25) is 0 Å². The van der Waals surface area contributed by atoms with Gasteiger partial charge in [0.15, 0.2) is 5.96 Å². The minimum absolute atomic E-state index is 0.0200. The van der Waals surface area contributed by atoms with Crippen molar-refractivity contribution < 1.29 is 33.9 Å². The van der Waals surface area contributed by atoms with Gasteiger partial charge in [-0.2, -0.15) is 0 Å². The van der Waals surface area contributed by atoms with E-state index in [9.17, 15) is 33.9 Å². The number of carbonyl (C=O) groups excluding carboxylic acids is 5. The van der Waals surface area contributed by atoms with Crippen molar-refractivity contribution in [2.75, 3.05) is 13.1 Å². The molecule has 19 nitrogen and oxygen atoms in total. The number of guanidine groups is 1. The largest absolute Gasteiger partial charge is 0.480 e. The standard InChI is InChI=1S/C32H58N12O7/c1-17(2)13-24(31(50)51)43-30(49)25(18(3)4)44-29(48)23(10-8-12-38-32(35)36)41-26(45)19(5)40-28(47)22(9-6-7-11-33)42-27(46)21(34)14-20-15-37-16-39-20/h15-19,21-25H,6-14,33-34H2,1-5H3,(H,37,39)(H,40,47)(H,41,45)(H,42,46)(H,43,49)(H,44,48)(H,50,51)(H4,35,36,38)/t19-,21-,22-,23-,24-,25-/m0/s1. The first-order chi connectivity index (χ1) is 24.0. The van der Waals surface area contributed by atoms with Crippen LogP contribution in [-0.4, -0.2) is 106 Å². The van der Waals surface area contributed by atoms with Gasteiger partial charge in [0.2, 0.25) is 29.5 Å². The number of nitrogens with zero attached hydrogens (tertiary/aromatic N) is 2. The second-order valence-corrected chi connectivity index (χ2v) is 13.2. The quantitative estimate of drug-likeness (QED) is 0.0305. The fraction of sp³-hybridized carbons (Fsp3) is 0.688. The Morgan fingerprint density at radius 3 is 1.92 bits per heavy atom. The molecule has 1 aromatic rings. The van der Waals surface area contributed by atoms with Crippen LogP contribution < -0.4 is 49.5 Å². The summed E-state index contributed by atoms with van der Waals surface area (Å²) < 4.78 is 0. The zero-order valence-electron chi connectivity index (χ0n) is 30.2. The third-order valence-corrected chi connectivity index (χ3v) is 7.81. The number of unbranched alkanes of at least 4 members (excludes halogenated alkanes) is 1. The molecule has 0 fully saturated rings. The number of carbonyl (C=O) groups is 6. The molecule has 0 spiro atoms. The van der Waals surface area contributed by atoms with Crippen molar-refractivity contribution in [3.8, 4) is 0 Å². The van der Waals surface area contributed by atoms with Crippen molar-refractivity contribution in [1.29, 1.82) is 0 Å². The number of imidazole rings is 1. The van der Waals surface area contributed by atoms with Crippen LogP contribution in [-0.2, 0) is 35.2 Å². The summed E-state index contributed by atoms with van der Waals surface area (Å²) in [6, 6.07) is -6.64. The molecule has 0 aliphatic carbocycles. The topological polar surface area (TPSA) is 328 Å². The maximum atomic E-state index is 13.6. The number of aromatic amines is 1. The number of nitrogens with two attached hydrogens (primary N) is 4. The Hall–Kier alpha value is -4.78. The van der Waals surface area contributed by atoms with E-state index in [0.29, 0.717) is 25.1 Å². The van der Waals surface area contributed by atoms with Gasteiger partial charge in [-0.05, 0) is 63.8 Å². The van der Waals surface area contributed by atoms with E-state index in [-0.39, 0.29) is 50.5 Å². The highest BCUT2D eigenvalue weighted by Gasteiger charge is 2.33. The predicted molar refractivity (Wildman–Crippen MR) is 190 cm³/mol. The second-order valence-electron chi connectivity index (χ2n) is 13.2. The van der Waals surface area contributed by atoms with Crippen LogP contribution >= 0.6 is 0 Å². The Labute approximate surface area is 298 Å². The summed E-state index contributed by atoms with van der Waals surface area (Å²) in [4.78, 5) is 88.7. The summed E-state index contributed by atoms with van der Waals surface area (Å²) in [6.07, 6.45) is 4.99. The third-order valence-electron chi connectivity index (χ3n) is 7.81. The number of amides is 5. The van der Waals surface area contributed by atoms with Gasteiger partial charge in [0.05, 0.1) is 12.4 Å². The van der Waals surface area contributed by atoms with E-state index in [1.807, 2.05) is 13.8 Å². The molecule has 0 saturated heterocycles. The second kappa shape index (κ2) is 22.8. The molecule has 1 aromatic heterocycles. The van der Waals surface area contributed by atoms with E-state index >= 15 is 0 Å². The molecular weight excluding hydrogens is 664 g/mol. The molecule has 0 bridgehead atoms. The van der Waals surface area contributed by atoms with Crippen LogP contribution in [0.15, 0.2) is 17.5 Å². The number of hydrogen-bond donors (Lipinski definition) is 11. The summed E-state index contributed by atoms with van der Waals surface area (Å²) in [6.45, 7) is 8.94. The van der Waals surface area contributed by atoms with Crippen LogP contribution in [0.4, 0.5) is 0 Å².